The minimum Gasteiger partial charge on any atom is -0.507 e. The number of nitrogen functional groups attached to an aromatic ring is 1. The van der Waals surface area contributed by atoms with Gasteiger partial charge in [-0.2, -0.15) is 0 Å². The molecule has 3 aromatic carbocycles. The summed E-state index contributed by atoms with van der Waals surface area (Å²) in [6, 6.07) is 19.9. The zero-order chi connectivity index (χ0) is 22.0. The van der Waals surface area contributed by atoms with Crippen LogP contribution in [0.15, 0.2) is 66.7 Å². The van der Waals surface area contributed by atoms with Crippen molar-refractivity contribution in [3.05, 3.63) is 88.0 Å². The zero-order valence-electron chi connectivity index (χ0n) is 16.6. The average molecular weight is 452 g/mol. The molecule has 0 aliphatic carbocycles. The number of phenols is 1. The number of aromatic nitrogens is 2. The maximum absolute atomic E-state index is 10.8. The Labute approximate surface area is 190 Å². The molecule has 4 aromatic rings. The fourth-order valence-electron chi connectivity index (χ4n) is 3.33. The first-order valence-electron chi connectivity index (χ1n) is 9.52. The van der Waals surface area contributed by atoms with Crippen LogP contribution < -0.4 is 10.5 Å². The third-order valence-electron chi connectivity index (χ3n) is 4.82. The molecule has 0 bridgehead atoms. The van der Waals surface area contributed by atoms with Crippen molar-refractivity contribution in [2.45, 2.75) is 13.5 Å². The Bertz CT molecular complexity index is 1240. The molecule has 0 unspecified atom stereocenters. The molecule has 0 saturated carbocycles. The van der Waals surface area contributed by atoms with Gasteiger partial charge in [-0.1, -0.05) is 53.5 Å². The summed E-state index contributed by atoms with van der Waals surface area (Å²) >= 11 is 12.2. The van der Waals surface area contributed by atoms with Gasteiger partial charge in [0.1, 0.15) is 18.1 Å². The fourth-order valence-corrected chi connectivity index (χ4v) is 3.65. The first-order valence-corrected chi connectivity index (χ1v) is 10.3. The molecule has 31 heavy (non-hydrogen) atoms. The summed E-state index contributed by atoms with van der Waals surface area (Å²) in [6.07, 6.45) is 0. The molecule has 0 saturated heterocycles. The van der Waals surface area contributed by atoms with Gasteiger partial charge in [0.2, 0.25) is 5.95 Å². The van der Waals surface area contributed by atoms with E-state index in [1.165, 1.54) is 0 Å². The quantitative estimate of drug-likeness (QED) is 0.372. The highest BCUT2D eigenvalue weighted by atomic mass is 35.5. The number of nitrogens with two attached hydrogens (primary N) is 1. The normalized spacial score (nSPS) is 10.8. The molecule has 0 amide bonds. The predicted octanol–water partition coefficient (Wildman–Crippen LogP) is 6.29. The number of nitrogens with zero attached hydrogens (tertiary/aromatic N) is 2. The predicted molar refractivity (Wildman–Crippen MR) is 125 cm³/mol. The topological polar surface area (TPSA) is 81.3 Å². The van der Waals surface area contributed by atoms with Crippen molar-refractivity contribution in [1.82, 2.24) is 9.97 Å². The van der Waals surface area contributed by atoms with E-state index in [0.29, 0.717) is 32.7 Å². The minimum absolute atomic E-state index is 0.0179. The van der Waals surface area contributed by atoms with Gasteiger partial charge in [0.05, 0.1) is 11.4 Å². The van der Waals surface area contributed by atoms with Crippen molar-refractivity contribution in [2.24, 2.45) is 0 Å². The summed E-state index contributed by atoms with van der Waals surface area (Å²) in [5.41, 5.74) is 10.2. The first kappa shape index (κ1) is 21.0. The van der Waals surface area contributed by atoms with Crippen LogP contribution in [0.2, 0.25) is 10.0 Å². The van der Waals surface area contributed by atoms with Crippen LogP contribution in [0.4, 0.5) is 5.95 Å². The highest BCUT2D eigenvalue weighted by Gasteiger charge is 2.18. The maximum atomic E-state index is 10.8. The lowest BCUT2D eigenvalue weighted by Crippen LogP contribution is -2.02. The van der Waals surface area contributed by atoms with Gasteiger partial charge in [-0.15, -0.1) is 0 Å². The Morgan fingerprint density at radius 3 is 2.42 bits per heavy atom. The molecular weight excluding hydrogens is 433 g/mol. The van der Waals surface area contributed by atoms with Crippen LogP contribution in [0.25, 0.3) is 22.4 Å². The molecule has 3 N–H and O–H groups in total. The van der Waals surface area contributed by atoms with E-state index in [0.717, 1.165) is 16.7 Å². The molecule has 1 aromatic heterocycles. The van der Waals surface area contributed by atoms with Gasteiger partial charge in [0.15, 0.2) is 0 Å². The van der Waals surface area contributed by atoms with E-state index in [1.807, 2.05) is 37.3 Å². The Hall–Kier alpha value is -3.28. The molecule has 1 heterocycles. The number of anilines is 1. The molecule has 4 rings (SSSR count). The monoisotopic (exact) mass is 451 g/mol. The van der Waals surface area contributed by atoms with Crippen LogP contribution in [0.5, 0.6) is 11.5 Å². The largest absolute Gasteiger partial charge is 0.507 e. The molecule has 156 valence electrons. The van der Waals surface area contributed by atoms with E-state index in [4.69, 9.17) is 33.7 Å². The lowest BCUT2D eigenvalue weighted by molar-refractivity contribution is 0.304. The Morgan fingerprint density at radius 1 is 0.968 bits per heavy atom. The fraction of sp³-hybridized carbons (Fsp3) is 0.0833. The smallest absolute Gasteiger partial charge is 0.220 e. The van der Waals surface area contributed by atoms with Crippen LogP contribution in [-0.4, -0.2) is 15.1 Å². The highest BCUT2D eigenvalue weighted by molar-refractivity contribution is 6.31. The summed E-state index contributed by atoms with van der Waals surface area (Å²) in [5.74, 6) is 0.654. The van der Waals surface area contributed by atoms with E-state index in [2.05, 4.69) is 9.97 Å². The molecular formula is C24H19Cl2N3O2. The van der Waals surface area contributed by atoms with E-state index in [9.17, 15) is 5.11 Å². The summed E-state index contributed by atoms with van der Waals surface area (Å²) in [6.45, 7) is 2.14. The van der Waals surface area contributed by atoms with Crippen molar-refractivity contribution in [3.63, 3.8) is 0 Å². The standard InChI is InChI=1S/C24H19Cl2N3O2/c1-14-22(15-6-8-17(25)9-7-15)23(29-24(27)28-14)19-11-10-18(12-21(19)30)31-13-16-4-2-3-5-20(16)26/h2-12,30H,13H2,1H3,(H2,27,28,29). The molecule has 7 heteroatoms. The summed E-state index contributed by atoms with van der Waals surface area (Å²) < 4.78 is 5.80. The van der Waals surface area contributed by atoms with Crippen LogP contribution in [0, 0.1) is 6.92 Å². The first-order chi connectivity index (χ1) is 14.9. The maximum Gasteiger partial charge on any atom is 0.220 e. The lowest BCUT2D eigenvalue weighted by Gasteiger charge is -2.15. The molecule has 0 fully saturated rings. The number of halogens is 2. The molecule has 0 aliphatic rings. The number of hydrogen-bond acceptors (Lipinski definition) is 5. The molecule has 0 atom stereocenters. The molecule has 0 radical (unpaired) electrons. The summed E-state index contributed by atoms with van der Waals surface area (Å²) in [4.78, 5) is 8.71. The van der Waals surface area contributed by atoms with Crippen molar-refractivity contribution in [1.29, 1.82) is 0 Å². The number of aryl methyl sites for hydroxylation is 1. The number of benzene rings is 3. The molecule has 0 aliphatic heterocycles. The Balaban J connectivity index is 1.70. The molecule has 5 nitrogen and oxygen atoms in total. The van der Waals surface area contributed by atoms with E-state index < -0.39 is 0 Å². The van der Waals surface area contributed by atoms with Crippen LogP contribution in [0.1, 0.15) is 11.3 Å². The molecule has 0 spiro atoms. The Kier molecular flexibility index (Phi) is 5.98. The zero-order valence-corrected chi connectivity index (χ0v) is 18.2. The number of rotatable bonds is 5. The SMILES string of the molecule is Cc1nc(N)nc(-c2ccc(OCc3ccccc3Cl)cc2O)c1-c1ccc(Cl)cc1. The summed E-state index contributed by atoms with van der Waals surface area (Å²) in [7, 11) is 0. The minimum atomic E-state index is 0.0179. The van der Waals surface area contributed by atoms with Gasteiger partial charge in [0.25, 0.3) is 0 Å². The lowest BCUT2D eigenvalue weighted by atomic mass is 9.97. The number of phenolic OH excluding ortho intramolecular Hbond substituents is 1. The third-order valence-corrected chi connectivity index (χ3v) is 5.44. The number of ether oxygens (including phenoxy) is 1. The van der Waals surface area contributed by atoms with Gasteiger partial charge in [-0.25, -0.2) is 9.97 Å². The second kappa shape index (κ2) is 8.84. The van der Waals surface area contributed by atoms with Crippen LogP contribution in [0.3, 0.4) is 0 Å². The highest BCUT2D eigenvalue weighted by Crippen LogP contribution is 2.39. The summed E-state index contributed by atoms with van der Waals surface area (Å²) in [5, 5.41) is 12.0. The van der Waals surface area contributed by atoms with Gasteiger partial charge in [0, 0.05) is 32.8 Å². The van der Waals surface area contributed by atoms with E-state index in [1.54, 1.807) is 36.4 Å². The average Bonchev–Trinajstić information content (AvgIpc) is 2.74. The van der Waals surface area contributed by atoms with E-state index in [-0.39, 0.29) is 18.3 Å². The Morgan fingerprint density at radius 2 is 1.71 bits per heavy atom. The number of hydrogen-bond donors (Lipinski definition) is 2. The third kappa shape index (κ3) is 4.58. The van der Waals surface area contributed by atoms with Crippen LogP contribution in [-0.2, 0) is 6.61 Å². The van der Waals surface area contributed by atoms with Gasteiger partial charge >= 0.3 is 0 Å². The van der Waals surface area contributed by atoms with Crippen molar-refractivity contribution >= 4 is 29.2 Å². The van der Waals surface area contributed by atoms with Gasteiger partial charge in [-0.05, 0) is 42.8 Å². The number of aromatic hydroxyl groups is 1. The van der Waals surface area contributed by atoms with Crippen molar-refractivity contribution in [3.8, 4) is 33.9 Å². The second-order valence-corrected chi connectivity index (χ2v) is 7.80. The second-order valence-electron chi connectivity index (χ2n) is 6.96. The van der Waals surface area contributed by atoms with Crippen LogP contribution >= 0.6 is 23.2 Å². The van der Waals surface area contributed by atoms with E-state index >= 15 is 0 Å². The van der Waals surface area contributed by atoms with Crippen molar-refractivity contribution < 1.29 is 9.84 Å². The van der Waals surface area contributed by atoms with Crippen molar-refractivity contribution in [2.75, 3.05) is 5.73 Å². The van der Waals surface area contributed by atoms with Gasteiger partial charge in [-0.3, -0.25) is 0 Å². The van der Waals surface area contributed by atoms with Gasteiger partial charge < -0.3 is 15.6 Å².